The number of carbonyl (C=O) groups is 2. The number of ether oxygens (including phenoxy) is 1. The molecule has 1 atom stereocenters. The quantitative estimate of drug-likeness (QED) is 0.490. The molecule has 0 fully saturated rings. The maximum absolute atomic E-state index is 11.7. The predicted octanol–water partition coefficient (Wildman–Crippen LogP) is 3.97. The van der Waals surface area contributed by atoms with Gasteiger partial charge in [0.2, 0.25) is 5.91 Å². The maximum atomic E-state index is 11.7. The van der Waals surface area contributed by atoms with Crippen LogP contribution in [0.2, 0.25) is 0 Å². The van der Waals surface area contributed by atoms with E-state index in [-0.39, 0.29) is 11.9 Å². The molecule has 0 radical (unpaired) electrons. The van der Waals surface area contributed by atoms with E-state index in [1.165, 1.54) is 32.1 Å². The van der Waals surface area contributed by atoms with Crippen molar-refractivity contribution in [2.75, 3.05) is 0 Å². The zero-order valence-corrected chi connectivity index (χ0v) is 14.5. The van der Waals surface area contributed by atoms with Crippen LogP contribution in [0.1, 0.15) is 86.0 Å². The van der Waals surface area contributed by atoms with Gasteiger partial charge in [-0.3, -0.25) is 4.79 Å². The van der Waals surface area contributed by atoms with Crippen LogP contribution in [0.5, 0.6) is 0 Å². The zero-order valence-electron chi connectivity index (χ0n) is 14.5. The van der Waals surface area contributed by atoms with Gasteiger partial charge in [0.1, 0.15) is 11.6 Å². The minimum atomic E-state index is -0.582. The van der Waals surface area contributed by atoms with E-state index in [2.05, 4.69) is 12.2 Å². The minimum absolute atomic E-state index is 0.0677. The molecule has 0 aliphatic heterocycles. The Morgan fingerprint density at radius 1 is 1.00 bits per heavy atom. The first-order chi connectivity index (χ1) is 9.76. The zero-order chi connectivity index (χ0) is 16.3. The van der Waals surface area contributed by atoms with Gasteiger partial charge in [0, 0.05) is 6.42 Å². The Balaban J connectivity index is 3.71. The van der Waals surface area contributed by atoms with Crippen LogP contribution in [0.15, 0.2) is 0 Å². The van der Waals surface area contributed by atoms with Crippen molar-refractivity contribution in [3.8, 4) is 0 Å². The second kappa shape index (κ2) is 10.6. The molecule has 4 nitrogen and oxygen atoms in total. The molecule has 0 saturated carbocycles. The molecule has 0 saturated heterocycles. The van der Waals surface area contributed by atoms with Crippen molar-refractivity contribution in [3.63, 3.8) is 0 Å². The fraction of sp³-hybridized carbons (Fsp3) is 0.882. The fourth-order valence-electron chi connectivity index (χ4n) is 2.01. The van der Waals surface area contributed by atoms with Gasteiger partial charge in [0.05, 0.1) is 0 Å². The molecule has 0 bridgehead atoms. The Kier molecular flexibility index (Phi) is 10.1. The topological polar surface area (TPSA) is 55.4 Å². The summed E-state index contributed by atoms with van der Waals surface area (Å²) in [5, 5.41) is 2.70. The predicted molar refractivity (Wildman–Crippen MR) is 86.1 cm³/mol. The van der Waals surface area contributed by atoms with Crippen LogP contribution >= 0.6 is 0 Å². The van der Waals surface area contributed by atoms with E-state index in [1.54, 1.807) is 6.92 Å². The monoisotopic (exact) mass is 299 g/mol. The molecule has 1 amide bonds. The molecule has 0 aromatic heterocycles. The molecular formula is C17H33NO3. The van der Waals surface area contributed by atoms with Crippen molar-refractivity contribution in [1.29, 1.82) is 0 Å². The lowest BCUT2D eigenvalue weighted by atomic mass is 10.1. The highest BCUT2D eigenvalue weighted by atomic mass is 16.6. The van der Waals surface area contributed by atoms with Crippen molar-refractivity contribution in [1.82, 2.24) is 5.32 Å². The lowest BCUT2D eigenvalue weighted by molar-refractivity contribution is -0.158. The average molecular weight is 299 g/mol. The molecule has 4 heteroatoms. The van der Waals surface area contributed by atoms with Crippen LogP contribution in [-0.2, 0) is 14.3 Å². The normalized spacial score (nSPS) is 12.8. The number of hydrogen-bond donors (Lipinski definition) is 1. The molecule has 0 rings (SSSR count). The Morgan fingerprint density at radius 3 is 2.05 bits per heavy atom. The van der Waals surface area contributed by atoms with Gasteiger partial charge in [0.15, 0.2) is 0 Å². The van der Waals surface area contributed by atoms with Gasteiger partial charge in [0.25, 0.3) is 0 Å². The fourth-order valence-corrected chi connectivity index (χ4v) is 2.01. The van der Waals surface area contributed by atoms with Gasteiger partial charge in [-0.15, -0.1) is 0 Å². The van der Waals surface area contributed by atoms with Crippen LogP contribution in [0.25, 0.3) is 0 Å². The summed E-state index contributed by atoms with van der Waals surface area (Å²) in [5.74, 6) is -0.447. The summed E-state index contributed by atoms with van der Waals surface area (Å²) in [6.07, 6.45) is 8.74. The maximum Gasteiger partial charge on any atom is 0.328 e. The molecule has 21 heavy (non-hydrogen) atoms. The van der Waals surface area contributed by atoms with Crippen LogP contribution in [0.4, 0.5) is 0 Å². The Labute approximate surface area is 130 Å². The molecule has 1 N–H and O–H groups in total. The molecule has 0 aromatic carbocycles. The van der Waals surface area contributed by atoms with Crippen LogP contribution in [-0.4, -0.2) is 23.5 Å². The molecule has 0 spiro atoms. The summed E-state index contributed by atoms with van der Waals surface area (Å²) in [5.41, 5.74) is -0.519. The van der Waals surface area contributed by atoms with Gasteiger partial charge < -0.3 is 10.1 Å². The van der Waals surface area contributed by atoms with Gasteiger partial charge in [-0.05, 0) is 34.1 Å². The van der Waals surface area contributed by atoms with Gasteiger partial charge in [-0.2, -0.15) is 0 Å². The lowest BCUT2D eigenvalue weighted by Crippen LogP contribution is -2.42. The lowest BCUT2D eigenvalue weighted by Gasteiger charge is -2.22. The second-order valence-electron chi connectivity index (χ2n) is 6.69. The number of hydrogen-bond acceptors (Lipinski definition) is 3. The van der Waals surface area contributed by atoms with Crippen molar-refractivity contribution >= 4 is 11.9 Å². The van der Waals surface area contributed by atoms with Gasteiger partial charge in [-0.25, -0.2) is 4.79 Å². The third-order valence-corrected chi connectivity index (χ3v) is 3.15. The average Bonchev–Trinajstić information content (AvgIpc) is 2.35. The Morgan fingerprint density at radius 2 is 1.52 bits per heavy atom. The Hall–Kier alpha value is -1.06. The number of rotatable bonds is 10. The summed E-state index contributed by atoms with van der Waals surface area (Å²) in [4.78, 5) is 23.5. The van der Waals surface area contributed by atoms with E-state index in [9.17, 15) is 9.59 Å². The van der Waals surface area contributed by atoms with Crippen LogP contribution in [0, 0.1) is 0 Å². The highest BCUT2D eigenvalue weighted by Crippen LogP contribution is 2.10. The number of unbranched alkanes of at least 4 members (excludes halogenated alkanes) is 6. The SMILES string of the molecule is CCCCCCCCCC(=O)NC(C)C(=O)OC(C)(C)C. The summed E-state index contributed by atoms with van der Waals surface area (Å²) in [6.45, 7) is 9.32. The first kappa shape index (κ1) is 19.9. The number of nitrogens with one attached hydrogen (secondary N) is 1. The van der Waals surface area contributed by atoms with E-state index < -0.39 is 11.6 Å². The first-order valence-corrected chi connectivity index (χ1v) is 8.28. The highest BCUT2D eigenvalue weighted by molar-refractivity contribution is 5.84. The van der Waals surface area contributed by atoms with E-state index in [0.29, 0.717) is 6.42 Å². The van der Waals surface area contributed by atoms with Gasteiger partial charge in [-0.1, -0.05) is 45.4 Å². The van der Waals surface area contributed by atoms with E-state index in [4.69, 9.17) is 4.74 Å². The van der Waals surface area contributed by atoms with E-state index in [1.807, 2.05) is 20.8 Å². The van der Waals surface area contributed by atoms with Crippen molar-refractivity contribution in [2.45, 2.75) is 97.6 Å². The van der Waals surface area contributed by atoms with Crippen LogP contribution in [0.3, 0.4) is 0 Å². The molecule has 124 valence electrons. The molecule has 0 aliphatic carbocycles. The third-order valence-electron chi connectivity index (χ3n) is 3.15. The minimum Gasteiger partial charge on any atom is -0.458 e. The summed E-state index contributed by atoms with van der Waals surface area (Å²) in [6, 6.07) is -0.582. The van der Waals surface area contributed by atoms with E-state index >= 15 is 0 Å². The van der Waals surface area contributed by atoms with Crippen molar-refractivity contribution < 1.29 is 14.3 Å². The standard InChI is InChI=1S/C17H33NO3/c1-6-7-8-9-10-11-12-13-15(19)18-14(2)16(20)21-17(3,4)5/h14H,6-13H2,1-5H3,(H,18,19). The molecule has 0 aromatic rings. The molecular weight excluding hydrogens is 266 g/mol. The number of carbonyl (C=O) groups excluding carboxylic acids is 2. The third kappa shape index (κ3) is 12.4. The first-order valence-electron chi connectivity index (χ1n) is 8.28. The highest BCUT2D eigenvalue weighted by Gasteiger charge is 2.22. The van der Waals surface area contributed by atoms with Gasteiger partial charge >= 0.3 is 5.97 Å². The summed E-state index contributed by atoms with van der Waals surface area (Å²) >= 11 is 0. The molecule has 1 unspecified atom stereocenters. The summed E-state index contributed by atoms with van der Waals surface area (Å²) < 4.78 is 5.23. The van der Waals surface area contributed by atoms with Crippen molar-refractivity contribution in [2.24, 2.45) is 0 Å². The largest absolute Gasteiger partial charge is 0.458 e. The van der Waals surface area contributed by atoms with E-state index in [0.717, 1.165) is 12.8 Å². The number of amides is 1. The number of esters is 1. The summed E-state index contributed by atoms with van der Waals surface area (Å²) in [7, 11) is 0. The molecule has 0 aliphatic rings. The smallest absolute Gasteiger partial charge is 0.328 e. The second-order valence-corrected chi connectivity index (χ2v) is 6.69. The van der Waals surface area contributed by atoms with Crippen molar-refractivity contribution in [3.05, 3.63) is 0 Å². The van der Waals surface area contributed by atoms with Crippen LogP contribution < -0.4 is 5.32 Å². The Bertz CT molecular complexity index is 308. The molecule has 0 heterocycles.